The van der Waals surface area contributed by atoms with E-state index in [4.69, 9.17) is 0 Å². The Morgan fingerprint density at radius 3 is 2.09 bits per heavy atom. The van der Waals surface area contributed by atoms with Crippen LogP contribution in [-0.2, 0) is 13.0 Å². The normalized spacial score (nSPS) is 10.5. The van der Waals surface area contributed by atoms with Crippen molar-refractivity contribution in [2.75, 3.05) is 17.2 Å². The summed E-state index contributed by atoms with van der Waals surface area (Å²) in [5.41, 5.74) is 2.46. The number of aromatic nitrogens is 2. The molecule has 0 saturated carbocycles. The monoisotopic (exact) mass is 298 g/mol. The summed E-state index contributed by atoms with van der Waals surface area (Å²) in [6.07, 6.45) is 8.52. The number of pyridine rings is 2. The Hall–Kier alpha value is -2.10. The van der Waals surface area contributed by atoms with Crippen molar-refractivity contribution in [3.05, 3.63) is 47.8 Å². The molecule has 22 heavy (non-hydrogen) atoms. The summed E-state index contributed by atoms with van der Waals surface area (Å²) in [5, 5.41) is 6.61. The predicted molar refractivity (Wildman–Crippen MR) is 93.2 cm³/mol. The van der Waals surface area contributed by atoms with Crippen LogP contribution in [0, 0.1) is 0 Å². The van der Waals surface area contributed by atoms with Crippen molar-refractivity contribution in [2.45, 2.75) is 46.1 Å². The Bertz CT molecular complexity index is 483. The number of anilines is 2. The van der Waals surface area contributed by atoms with Gasteiger partial charge in [0.2, 0.25) is 0 Å². The zero-order valence-corrected chi connectivity index (χ0v) is 13.6. The van der Waals surface area contributed by atoms with Crippen LogP contribution in [0.2, 0.25) is 0 Å². The molecule has 4 nitrogen and oxygen atoms in total. The fourth-order valence-corrected chi connectivity index (χ4v) is 2.14. The first kappa shape index (κ1) is 16.3. The molecule has 118 valence electrons. The van der Waals surface area contributed by atoms with Crippen molar-refractivity contribution in [2.24, 2.45) is 0 Å². The van der Waals surface area contributed by atoms with E-state index in [1.54, 1.807) is 0 Å². The highest BCUT2D eigenvalue weighted by Gasteiger charge is 1.98. The quantitative estimate of drug-likeness (QED) is 0.726. The molecule has 0 atom stereocenters. The molecule has 0 unspecified atom stereocenters. The smallest absolute Gasteiger partial charge is 0.126 e. The standard InChI is InChI=1S/C18H26N4/c1-3-5-6-15-7-9-18(20-12-15)22-14-16-8-10-17(21-13-16)19-11-4-2/h7-10,12-13H,3-6,11,14H2,1-2H3,(H,19,21)(H,20,22). The zero-order chi connectivity index (χ0) is 15.6. The summed E-state index contributed by atoms with van der Waals surface area (Å²) in [7, 11) is 0. The lowest BCUT2D eigenvalue weighted by Gasteiger charge is -2.08. The van der Waals surface area contributed by atoms with E-state index < -0.39 is 0 Å². The van der Waals surface area contributed by atoms with E-state index in [1.807, 2.05) is 18.5 Å². The Morgan fingerprint density at radius 1 is 0.818 bits per heavy atom. The minimum atomic E-state index is 0.738. The molecule has 0 aliphatic heterocycles. The number of nitrogens with zero attached hydrogens (tertiary/aromatic N) is 2. The minimum absolute atomic E-state index is 0.738. The van der Waals surface area contributed by atoms with Gasteiger partial charge in [-0.1, -0.05) is 32.4 Å². The van der Waals surface area contributed by atoms with Crippen molar-refractivity contribution in [1.29, 1.82) is 0 Å². The predicted octanol–water partition coefficient (Wildman–Crippen LogP) is 4.25. The fraction of sp³-hybridized carbons (Fsp3) is 0.444. The van der Waals surface area contributed by atoms with E-state index in [2.05, 4.69) is 52.6 Å². The Balaban J connectivity index is 1.81. The lowest BCUT2D eigenvalue weighted by molar-refractivity contribution is 0.792. The highest BCUT2D eigenvalue weighted by atomic mass is 15.0. The fourth-order valence-electron chi connectivity index (χ4n) is 2.14. The first-order chi connectivity index (χ1) is 10.8. The van der Waals surface area contributed by atoms with Crippen molar-refractivity contribution in [3.63, 3.8) is 0 Å². The molecule has 0 aromatic carbocycles. The minimum Gasteiger partial charge on any atom is -0.370 e. The molecule has 2 aromatic heterocycles. The lowest BCUT2D eigenvalue weighted by atomic mass is 10.1. The molecule has 0 spiro atoms. The van der Waals surface area contributed by atoms with Crippen LogP contribution in [0.4, 0.5) is 11.6 Å². The van der Waals surface area contributed by atoms with Gasteiger partial charge in [0.05, 0.1) is 0 Å². The number of nitrogens with one attached hydrogen (secondary N) is 2. The highest BCUT2D eigenvalue weighted by molar-refractivity contribution is 5.39. The van der Waals surface area contributed by atoms with Gasteiger partial charge in [-0.15, -0.1) is 0 Å². The average Bonchev–Trinajstić information content (AvgIpc) is 2.58. The molecule has 0 aliphatic carbocycles. The maximum atomic E-state index is 4.46. The molecule has 0 radical (unpaired) electrons. The topological polar surface area (TPSA) is 49.8 Å². The zero-order valence-electron chi connectivity index (χ0n) is 13.6. The van der Waals surface area contributed by atoms with Gasteiger partial charge in [0.1, 0.15) is 11.6 Å². The van der Waals surface area contributed by atoms with Gasteiger partial charge in [-0.2, -0.15) is 0 Å². The average molecular weight is 298 g/mol. The van der Waals surface area contributed by atoms with Gasteiger partial charge in [-0.05, 0) is 42.5 Å². The molecule has 0 aliphatic rings. The van der Waals surface area contributed by atoms with Crippen molar-refractivity contribution in [1.82, 2.24) is 9.97 Å². The summed E-state index contributed by atoms with van der Waals surface area (Å²) < 4.78 is 0. The molecule has 0 amide bonds. The summed E-state index contributed by atoms with van der Waals surface area (Å²) in [5.74, 6) is 1.84. The van der Waals surface area contributed by atoms with E-state index in [1.165, 1.54) is 18.4 Å². The molecule has 0 saturated heterocycles. The molecular weight excluding hydrogens is 272 g/mol. The summed E-state index contributed by atoms with van der Waals surface area (Å²) >= 11 is 0. The molecule has 0 fully saturated rings. The van der Waals surface area contributed by atoms with Gasteiger partial charge in [0.15, 0.2) is 0 Å². The van der Waals surface area contributed by atoms with Crippen LogP contribution >= 0.6 is 0 Å². The van der Waals surface area contributed by atoms with Crippen LogP contribution in [0.5, 0.6) is 0 Å². The van der Waals surface area contributed by atoms with Crippen LogP contribution in [0.15, 0.2) is 36.7 Å². The molecular formula is C18H26N4. The number of hydrogen-bond donors (Lipinski definition) is 2. The van der Waals surface area contributed by atoms with Crippen LogP contribution in [0.25, 0.3) is 0 Å². The second-order valence-electron chi connectivity index (χ2n) is 5.49. The highest BCUT2D eigenvalue weighted by Crippen LogP contribution is 2.10. The summed E-state index contributed by atoms with van der Waals surface area (Å²) in [4.78, 5) is 8.87. The van der Waals surface area contributed by atoms with Crippen molar-refractivity contribution < 1.29 is 0 Å². The third-order valence-electron chi connectivity index (χ3n) is 3.50. The van der Waals surface area contributed by atoms with Gasteiger partial charge in [0.25, 0.3) is 0 Å². The number of unbranched alkanes of at least 4 members (excludes halogenated alkanes) is 1. The molecule has 4 heteroatoms. The van der Waals surface area contributed by atoms with Crippen LogP contribution < -0.4 is 10.6 Å². The molecule has 2 N–H and O–H groups in total. The Kier molecular flexibility index (Phi) is 6.68. The second kappa shape index (κ2) is 9.03. The van der Waals surface area contributed by atoms with Gasteiger partial charge in [0, 0.05) is 25.5 Å². The van der Waals surface area contributed by atoms with E-state index >= 15 is 0 Å². The number of aryl methyl sites for hydroxylation is 1. The van der Waals surface area contributed by atoms with Crippen LogP contribution in [-0.4, -0.2) is 16.5 Å². The van der Waals surface area contributed by atoms with Gasteiger partial charge >= 0.3 is 0 Å². The first-order valence-corrected chi connectivity index (χ1v) is 8.19. The largest absolute Gasteiger partial charge is 0.370 e. The van der Waals surface area contributed by atoms with E-state index in [-0.39, 0.29) is 0 Å². The number of hydrogen-bond acceptors (Lipinski definition) is 4. The summed E-state index contributed by atoms with van der Waals surface area (Å²) in [6, 6.07) is 8.32. The molecule has 2 aromatic rings. The summed E-state index contributed by atoms with van der Waals surface area (Å²) in [6.45, 7) is 6.05. The Labute approximate surface area is 133 Å². The second-order valence-corrected chi connectivity index (χ2v) is 5.49. The van der Waals surface area contributed by atoms with Crippen LogP contribution in [0.3, 0.4) is 0 Å². The third-order valence-corrected chi connectivity index (χ3v) is 3.50. The maximum absolute atomic E-state index is 4.46. The molecule has 2 rings (SSSR count). The van der Waals surface area contributed by atoms with Crippen molar-refractivity contribution in [3.8, 4) is 0 Å². The van der Waals surface area contributed by atoms with E-state index in [9.17, 15) is 0 Å². The van der Waals surface area contributed by atoms with Gasteiger partial charge in [-0.3, -0.25) is 0 Å². The Morgan fingerprint density at radius 2 is 1.50 bits per heavy atom. The SMILES string of the molecule is CCCCc1ccc(NCc2ccc(NCCC)nc2)nc1. The first-order valence-electron chi connectivity index (χ1n) is 8.19. The van der Waals surface area contributed by atoms with Gasteiger partial charge < -0.3 is 10.6 Å². The third kappa shape index (κ3) is 5.35. The van der Waals surface area contributed by atoms with Gasteiger partial charge in [-0.25, -0.2) is 9.97 Å². The lowest BCUT2D eigenvalue weighted by Crippen LogP contribution is -2.04. The number of rotatable bonds is 9. The maximum Gasteiger partial charge on any atom is 0.126 e. The van der Waals surface area contributed by atoms with E-state index in [0.717, 1.165) is 43.1 Å². The van der Waals surface area contributed by atoms with Crippen LogP contribution in [0.1, 0.15) is 44.2 Å². The molecule has 2 heterocycles. The van der Waals surface area contributed by atoms with Crippen molar-refractivity contribution >= 4 is 11.6 Å². The van der Waals surface area contributed by atoms with E-state index in [0.29, 0.717) is 0 Å². The molecule has 0 bridgehead atoms.